The number of hydrogen-bond acceptors (Lipinski definition) is 3. The fourth-order valence-corrected chi connectivity index (χ4v) is 3.14. The predicted molar refractivity (Wildman–Crippen MR) is 87.7 cm³/mol. The first-order valence-electron chi connectivity index (χ1n) is 7.89. The summed E-state index contributed by atoms with van der Waals surface area (Å²) in [6, 6.07) is 16.9. The van der Waals surface area contributed by atoms with Gasteiger partial charge in [-0.25, -0.2) is 0 Å². The van der Waals surface area contributed by atoms with E-state index in [1.165, 1.54) is 0 Å². The van der Waals surface area contributed by atoms with Gasteiger partial charge >= 0.3 is 0 Å². The molecular weight excluding hydrogens is 290 g/mol. The van der Waals surface area contributed by atoms with Gasteiger partial charge in [0, 0.05) is 0 Å². The Balaban J connectivity index is 1.58. The molecule has 0 fully saturated rings. The average molecular weight is 311 g/mol. The van der Waals surface area contributed by atoms with Gasteiger partial charge in [0.05, 0.1) is 19.1 Å². The lowest BCUT2D eigenvalue weighted by Crippen LogP contribution is -2.39. The van der Waals surface area contributed by atoms with E-state index < -0.39 is 11.7 Å². The molecule has 2 aromatic rings. The SMILES string of the molecule is O=C(CC(O)c1ccccc1)NCC1(O)CCc2ccccc21. The summed E-state index contributed by atoms with van der Waals surface area (Å²) in [6.45, 7) is 0.171. The molecule has 1 aliphatic rings. The minimum atomic E-state index is -1.01. The molecular formula is C19H21NO3. The van der Waals surface area contributed by atoms with Crippen molar-refractivity contribution in [2.45, 2.75) is 31.0 Å². The molecule has 0 saturated heterocycles. The van der Waals surface area contributed by atoms with Crippen molar-refractivity contribution in [1.82, 2.24) is 5.32 Å². The van der Waals surface area contributed by atoms with Crippen LogP contribution >= 0.6 is 0 Å². The third-order valence-corrected chi connectivity index (χ3v) is 4.47. The molecule has 0 aliphatic heterocycles. The van der Waals surface area contributed by atoms with Gasteiger partial charge in [-0.05, 0) is 29.5 Å². The van der Waals surface area contributed by atoms with Gasteiger partial charge in [-0.15, -0.1) is 0 Å². The second-order valence-corrected chi connectivity index (χ2v) is 6.10. The quantitative estimate of drug-likeness (QED) is 0.791. The van der Waals surface area contributed by atoms with Crippen LogP contribution < -0.4 is 5.32 Å². The molecule has 1 amide bonds. The van der Waals surface area contributed by atoms with Crippen LogP contribution in [-0.2, 0) is 16.8 Å². The molecule has 3 N–H and O–H groups in total. The zero-order valence-electron chi connectivity index (χ0n) is 12.9. The van der Waals surface area contributed by atoms with Crippen molar-refractivity contribution in [1.29, 1.82) is 0 Å². The van der Waals surface area contributed by atoms with E-state index in [9.17, 15) is 15.0 Å². The summed E-state index contributed by atoms with van der Waals surface area (Å²) in [4.78, 5) is 12.1. The number of rotatable bonds is 5. The molecule has 2 aromatic carbocycles. The first-order chi connectivity index (χ1) is 11.1. The fourth-order valence-electron chi connectivity index (χ4n) is 3.14. The molecule has 0 radical (unpaired) electrons. The molecule has 1 aliphatic carbocycles. The van der Waals surface area contributed by atoms with Gasteiger partial charge in [-0.3, -0.25) is 4.79 Å². The molecule has 0 spiro atoms. The van der Waals surface area contributed by atoms with Crippen LogP contribution in [0.15, 0.2) is 54.6 Å². The van der Waals surface area contributed by atoms with E-state index in [0.717, 1.165) is 17.5 Å². The number of nitrogens with one attached hydrogen (secondary N) is 1. The third-order valence-electron chi connectivity index (χ3n) is 4.47. The number of aliphatic hydroxyl groups is 2. The van der Waals surface area contributed by atoms with Crippen LogP contribution in [0.4, 0.5) is 0 Å². The lowest BCUT2D eigenvalue weighted by molar-refractivity contribution is -0.124. The van der Waals surface area contributed by atoms with Gasteiger partial charge in [0.2, 0.25) is 5.91 Å². The highest BCUT2D eigenvalue weighted by atomic mass is 16.3. The smallest absolute Gasteiger partial charge is 0.223 e. The summed E-state index contributed by atoms with van der Waals surface area (Å²) in [7, 11) is 0. The van der Waals surface area contributed by atoms with Crippen molar-refractivity contribution in [3.8, 4) is 0 Å². The van der Waals surface area contributed by atoms with Crippen LogP contribution in [0.5, 0.6) is 0 Å². The van der Waals surface area contributed by atoms with Crippen LogP contribution in [0.2, 0.25) is 0 Å². The first kappa shape index (κ1) is 15.7. The van der Waals surface area contributed by atoms with E-state index in [2.05, 4.69) is 5.32 Å². The Labute approximate surface area is 135 Å². The maximum atomic E-state index is 12.1. The van der Waals surface area contributed by atoms with Gasteiger partial charge in [-0.2, -0.15) is 0 Å². The van der Waals surface area contributed by atoms with Crippen LogP contribution in [-0.4, -0.2) is 22.7 Å². The normalized spacial score (nSPS) is 20.8. The molecule has 0 saturated carbocycles. The largest absolute Gasteiger partial charge is 0.388 e. The molecule has 0 heterocycles. The van der Waals surface area contributed by atoms with Gasteiger partial charge in [-0.1, -0.05) is 54.6 Å². The Bertz CT molecular complexity index is 686. The minimum Gasteiger partial charge on any atom is -0.388 e. The monoisotopic (exact) mass is 311 g/mol. The highest BCUT2D eigenvalue weighted by Gasteiger charge is 2.36. The molecule has 3 rings (SSSR count). The molecule has 120 valence electrons. The molecule has 2 atom stereocenters. The Kier molecular flexibility index (Phi) is 4.46. The predicted octanol–water partition coefficient (Wildman–Crippen LogP) is 2.06. The lowest BCUT2D eigenvalue weighted by Gasteiger charge is -2.24. The van der Waals surface area contributed by atoms with Crippen molar-refractivity contribution in [3.05, 3.63) is 71.3 Å². The fraction of sp³-hybridized carbons (Fsp3) is 0.316. The summed E-state index contributed by atoms with van der Waals surface area (Å²) in [6.07, 6.45) is 0.576. The Hall–Kier alpha value is -2.17. The van der Waals surface area contributed by atoms with E-state index in [1.54, 1.807) is 12.1 Å². The second kappa shape index (κ2) is 6.52. The Morgan fingerprint density at radius 2 is 1.83 bits per heavy atom. The molecule has 4 heteroatoms. The van der Waals surface area contributed by atoms with Crippen molar-refractivity contribution < 1.29 is 15.0 Å². The number of aryl methyl sites for hydroxylation is 1. The number of amides is 1. The molecule has 2 unspecified atom stereocenters. The number of fused-ring (bicyclic) bond motifs is 1. The molecule has 0 bridgehead atoms. The Morgan fingerprint density at radius 3 is 2.61 bits per heavy atom. The maximum Gasteiger partial charge on any atom is 0.223 e. The number of benzene rings is 2. The van der Waals surface area contributed by atoms with Crippen molar-refractivity contribution in [2.24, 2.45) is 0 Å². The summed E-state index contributed by atoms with van der Waals surface area (Å²) in [5.41, 5.74) is 1.73. The van der Waals surface area contributed by atoms with Crippen LogP contribution in [0, 0.1) is 0 Å². The lowest BCUT2D eigenvalue weighted by atomic mass is 9.96. The summed E-state index contributed by atoms with van der Waals surface area (Å²) in [5.74, 6) is -0.265. The van der Waals surface area contributed by atoms with Crippen LogP contribution in [0.3, 0.4) is 0 Å². The highest BCUT2D eigenvalue weighted by Crippen LogP contribution is 2.36. The van der Waals surface area contributed by atoms with Crippen molar-refractivity contribution in [2.75, 3.05) is 6.54 Å². The summed E-state index contributed by atoms with van der Waals surface area (Å²) in [5, 5.41) is 23.6. The van der Waals surface area contributed by atoms with Gasteiger partial charge in [0.25, 0.3) is 0 Å². The second-order valence-electron chi connectivity index (χ2n) is 6.10. The first-order valence-corrected chi connectivity index (χ1v) is 7.89. The molecule has 23 heavy (non-hydrogen) atoms. The maximum absolute atomic E-state index is 12.1. The van der Waals surface area contributed by atoms with Crippen LogP contribution in [0.1, 0.15) is 35.6 Å². The van der Waals surface area contributed by atoms with E-state index >= 15 is 0 Å². The van der Waals surface area contributed by atoms with Crippen molar-refractivity contribution in [3.63, 3.8) is 0 Å². The number of carbonyl (C=O) groups excluding carboxylic acids is 1. The van der Waals surface area contributed by atoms with E-state index in [-0.39, 0.29) is 18.9 Å². The summed E-state index contributed by atoms with van der Waals surface area (Å²) < 4.78 is 0. The topological polar surface area (TPSA) is 69.6 Å². The standard InChI is InChI=1S/C19H21NO3/c21-17(15-7-2-1-3-8-15)12-18(22)20-13-19(23)11-10-14-6-4-5-9-16(14)19/h1-9,17,21,23H,10-13H2,(H,20,22). The number of carbonyl (C=O) groups is 1. The van der Waals surface area contributed by atoms with Gasteiger partial charge in [0.1, 0.15) is 5.60 Å². The van der Waals surface area contributed by atoms with Gasteiger partial charge in [0.15, 0.2) is 0 Å². The van der Waals surface area contributed by atoms with Gasteiger partial charge < -0.3 is 15.5 Å². The van der Waals surface area contributed by atoms with Crippen LogP contribution in [0.25, 0.3) is 0 Å². The Morgan fingerprint density at radius 1 is 1.13 bits per heavy atom. The number of hydrogen-bond donors (Lipinski definition) is 3. The van der Waals surface area contributed by atoms with E-state index in [0.29, 0.717) is 12.0 Å². The zero-order chi connectivity index (χ0) is 16.3. The summed E-state index contributed by atoms with van der Waals surface area (Å²) >= 11 is 0. The van der Waals surface area contributed by atoms with E-state index in [1.807, 2.05) is 42.5 Å². The number of aliphatic hydroxyl groups excluding tert-OH is 1. The van der Waals surface area contributed by atoms with Crippen molar-refractivity contribution >= 4 is 5.91 Å². The molecule has 4 nitrogen and oxygen atoms in total. The molecule has 0 aromatic heterocycles. The van der Waals surface area contributed by atoms with E-state index in [4.69, 9.17) is 0 Å². The minimum absolute atomic E-state index is 0.0122. The average Bonchev–Trinajstić information content (AvgIpc) is 2.92. The highest BCUT2D eigenvalue weighted by molar-refractivity contribution is 5.76. The third kappa shape index (κ3) is 3.44. The zero-order valence-corrected chi connectivity index (χ0v) is 12.9.